The van der Waals surface area contributed by atoms with Crippen molar-refractivity contribution in [1.82, 2.24) is 0 Å². The molecule has 0 aliphatic carbocycles. The minimum Gasteiger partial charge on any atom is -0.367 e. The second-order valence-electron chi connectivity index (χ2n) is 4.97. The molecule has 0 bridgehead atoms. The Hall–Kier alpha value is -1.87. The van der Waals surface area contributed by atoms with Gasteiger partial charge in [-0.15, -0.1) is 0 Å². The molecule has 106 valence electrons. The maximum atomic E-state index is 13.1. The van der Waals surface area contributed by atoms with E-state index in [1.54, 1.807) is 0 Å². The van der Waals surface area contributed by atoms with Crippen LogP contribution in [0, 0.1) is 12.7 Å². The van der Waals surface area contributed by atoms with E-state index in [0.717, 1.165) is 25.2 Å². The van der Waals surface area contributed by atoms with Gasteiger partial charge in [-0.1, -0.05) is 24.3 Å². The van der Waals surface area contributed by atoms with Gasteiger partial charge < -0.3 is 10.6 Å². The van der Waals surface area contributed by atoms with E-state index >= 15 is 0 Å². The Balaban J connectivity index is 2.19. The summed E-state index contributed by atoms with van der Waals surface area (Å²) < 4.78 is 13.1. The van der Waals surface area contributed by atoms with Crippen LogP contribution in [-0.4, -0.2) is 13.1 Å². The first-order valence-electron chi connectivity index (χ1n) is 6.96. The number of benzene rings is 2. The summed E-state index contributed by atoms with van der Waals surface area (Å²) in [5.74, 6) is -0.205. The summed E-state index contributed by atoms with van der Waals surface area (Å²) in [6.07, 6.45) is 0.920. The first kappa shape index (κ1) is 14.5. The van der Waals surface area contributed by atoms with Crippen molar-refractivity contribution in [1.29, 1.82) is 0 Å². The second-order valence-corrected chi connectivity index (χ2v) is 4.97. The summed E-state index contributed by atoms with van der Waals surface area (Å²) >= 11 is 0. The Morgan fingerprint density at radius 1 is 1.05 bits per heavy atom. The molecule has 0 heterocycles. The van der Waals surface area contributed by atoms with Gasteiger partial charge in [-0.05, 0) is 55.3 Å². The van der Waals surface area contributed by atoms with Gasteiger partial charge >= 0.3 is 0 Å². The molecule has 2 N–H and O–H groups in total. The molecule has 0 aromatic heterocycles. The van der Waals surface area contributed by atoms with Crippen molar-refractivity contribution in [2.24, 2.45) is 5.73 Å². The first-order chi connectivity index (χ1) is 9.70. The van der Waals surface area contributed by atoms with E-state index in [9.17, 15) is 4.39 Å². The van der Waals surface area contributed by atoms with Crippen molar-refractivity contribution < 1.29 is 4.39 Å². The number of halogens is 1. The topological polar surface area (TPSA) is 29.3 Å². The molecule has 0 fully saturated rings. The van der Waals surface area contributed by atoms with Crippen molar-refractivity contribution in [3.8, 4) is 0 Å². The minimum absolute atomic E-state index is 0.205. The van der Waals surface area contributed by atoms with Gasteiger partial charge in [0.05, 0.1) is 0 Å². The number of nitrogens with two attached hydrogens (primary N) is 1. The highest BCUT2D eigenvalue weighted by molar-refractivity contribution is 5.47. The average molecular weight is 272 g/mol. The molecule has 2 nitrogen and oxygen atoms in total. The Morgan fingerprint density at radius 3 is 2.40 bits per heavy atom. The average Bonchev–Trinajstić information content (AvgIpc) is 2.46. The number of rotatable bonds is 6. The summed E-state index contributed by atoms with van der Waals surface area (Å²) in [6.45, 7) is 4.46. The fourth-order valence-corrected chi connectivity index (χ4v) is 2.23. The SMILES string of the molecule is Cc1ccccc1CN(CCCN)c1ccc(F)cc1. The molecule has 0 amide bonds. The molecule has 0 radical (unpaired) electrons. The van der Waals surface area contributed by atoms with Crippen molar-refractivity contribution in [2.45, 2.75) is 19.9 Å². The van der Waals surface area contributed by atoms with Gasteiger partial charge in [-0.25, -0.2) is 4.39 Å². The van der Waals surface area contributed by atoms with Crippen molar-refractivity contribution in [2.75, 3.05) is 18.0 Å². The third-order valence-corrected chi connectivity index (χ3v) is 3.45. The van der Waals surface area contributed by atoms with Gasteiger partial charge in [-0.2, -0.15) is 0 Å². The normalized spacial score (nSPS) is 10.6. The molecular weight excluding hydrogens is 251 g/mol. The zero-order valence-electron chi connectivity index (χ0n) is 11.8. The predicted octanol–water partition coefficient (Wildman–Crippen LogP) is 3.49. The molecule has 3 heteroatoms. The van der Waals surface area contributed by atoms with E-state index in [1.165, 1.54) is 23.3 Å². The van der Waals surface area contributed by atoms with Gasteiger partial charge in [0, 0.05) is 18.8 Å². The lowest BCUT2D eigenvalue weighted by Crippen LogP contribution is -2.26. The fourth-order valence-electron chi connectivity index (χ4n) is 2.23. The summed E-state index contributed by atoms with van der Waals surface area (Å²) in [7, 11) is 0. The smallest absolute Gasteiger partial charge is 0.123 e. The summed E-state index contributed by atoms with van der Waals surface area (Å²) in [5.41, 5.74) is 9.20. The lowest BCUT2D eigenvalue weighted by Gasteiger charge is -2.25. The molecule has 2 aromatic rings. The van der Waals surface area contributed by atoms with Crippen LogP contribution in [0.1, 0.15) is 17.5 Å². The van der Waals surface area contributed by atoms with Gasteiger partial charge in [0.1, 0.15) is 5.82 Å². The minimum atomic E-state index is -0.205. The van der Waals surface area contributed by atoms with Crippen LogP contribution in [0.3, 0.4) is 0 Å². The Labute approximate surface area is 120 Å². The highest BCUT2D eigenvalue weighted by Crippen LogP contribution is 2.19. The van der Waals surface area contributed by atoms with Crippen LogP contribution in [0.4, 0.5) is 10.1 Å². The van der Waals surface area contributed by atoms with E-state index in [0.29, 0.717) is 6.54 Å². The van der Waals surface area contributed by atoms with Crippen LogP contribution < -0.4 is 10.6 Å². The van der Waals surface area contributed by atoms with E-state index < -0.39 is 0 Å². The van der Waals surface area contributed by atoms with Crippen molar-refractivity contribution in [3.05, 3.63) is 65.5 Å². The van der Waals surface area contributed by atoms with Gasteiger partial charge in [0.25, 0.3) is 0 Å². The van der Waals surface area contributed by atoms with Crippen LogP contribution >= 0.6 is 0 Å². The zero-order chi connectivity index (χ0) is 14.4. The van der Waals surface area contributed by atoms with Gasteiger partial charge in [-0.3, -0.25) is 0 Å². The molecule has 0 spiro atoms. The highest BCUT2D eigenvalue weighted by Gasteiger charge is 2.08. The van der Waals surface area contributed by atoms with Crippen LogP contribution in [0.25, 0.3) is 0 Å². The molecule has 20 heavy (non-hydrogen) atoms. The van der Waals surface area contributed by atoms with E-state index in [1.807, 2.05) is 24.3 Å². The monoisotopic (exact) mass is 272 g/mol. The van der Waals surface area contributed by atoms with Crippen LogP contribution in [-0.2, 0) is 6.54 Å². The van der Waals surface area contributed by atoms with Crippen molar-refractivity contribution >= 4 is 5.69 Å². The van der Waals surface area contributed by atoms with E-state index in [4.69, 9.17) is 5.73 Å². The van der Waals surface area contributed by atoms with E-state index in [2.05, 4.69) is 24.0 Å². The predicted molar refractivity (Wildman–Crippen MR) is 82.3 cm³/mol. The summed E-state index contributed by atoms with van der Waals surface area (Å²) in [6, 6.07) is 15.0. The molecule has 0 saturated carbocycles. The summed E-state index contributed by atoms with van der Waals surface area (Å²) in [4.78, 5) is 2.24. The van der Waals surface area contributed by atoms with Gasteiger partial charge in [0.15, 0.2) is 0 Å². The Bertz CT molecular complexity index is 537. The maximum Gasteiger partial charge on any atom is 0.123 e. The number of anilines is 1. The second kappa shape index (κ2) is 7.06. The highest BCUT2D eigenvalue weighted by atomic mass is 19.1. The molecule has 0 saturated heterocycles. The lowest BCUT2D eigenvalue weighted by molar-refractivity contribution is 0.627. The maximum absolute atomic E-state index is 13.1. The number of hydrogen-bond acceptors (Lipinski definition) is 2. The zero-order valence-corrected chi connectivity index (χ0v) is 11.8. The number of hydrogen-bond donors (Lipinski definition) is 1. The molecule has 2 rings (SSSR count). The third-order valence-electron chi connectivity index (χ3n) is 3.45. The Morgan fingerprint density at radius 2 is 1.75 bits per heavy atom. The summed E-state index contributed by atoms with van der Waals surface area (Å²) in [5, 5.41) is 0. The standard InChI is InChI=1S/C17H21FN2/c1-14-5-2-3-6-15(14)13-20(12-4-11-19)17-9-7-16(18)8-10-17/h2-3,5-10H,4,11-13,19H2,1H3. The molecular formula is C17H21FN2. The molecule has 0 atom stereocenters. The van der Waals surface area contributed by atoms with Crippen LogP contribution in [0.2, 0.25) is 0 Å². The van der Waals surface area contributed by atoms with Crippen LogP contribution in [0.15, 0.2) is 48.5 Å². The largest absolute Gasteiger partial charge is 0.367 e. The molecule has 0 aliphatic rings. The van der Waals surface area contributed by atoms with E-state index in [-0.39, 0.29) is 5.82 Å². The lowest BCUT2D eigenvalue weighted by atomic mass is 10.1. The number of nitrogens with zero attached hydrogens (tertiary/aromatic N) is 1. The molecule has 2 aromatic carbocycles. The van der Waals surface area contributed by atoms with Gasteiger partial charge in [0.2, 0.25) is 0 Å². The first-order valence-corrected chi connectivity index (χ1v) is 6.96. The third kappa shape index (κ3) is 3.81. The van der Waals surface area contributed by atoms with Crippen molar-refractivity contribution in [3.63, 3.8) is 0 Å². The Kier molecular flexibility index (Phi) is 5.13. The molecule has 0 unspecified atom stereocenters. The quantitative estimate of drug-likeness (QED) is 0.872. The fraction of sp³-hybridized carbons (Fsp3) is 0.294. The molecule has 0 aliphatic heterocycles. The number of aryl methyl sites for hydroxylation is 1. The van der Waals surface area contributed by atoms with Crippen LogP contribution in [0.5, 0.6) is 0 Å².